The van der Waals surface area contributed by atoms with Crippen molar-refractivity contribution in [2.75, 3.05) is 16.8 Å². The highest BCUT2D eigenvalue weighted by atomic mass is 19.2. The zero-order chi connectivity index (χ0) is 19.0. The van der Waals surface area contributed by atoms with Crippen molar-refractivity contribution in [3.63, 3.8) is 0 Å². The van der Waals surface area contributed by atoms with Gasteiger partial charge in [0.2, 0.25) is 11.8 Å². The molecule has 2 aromatic carbocycles. The second kappa shape index (κ2) is 6.82. The maximum Gasteiger partial charge on any atom is 0.229 e. The van der Waals surface area contributed by atoms with E-state index in [0.29, 0.717) is 5.69 Å². The van der Waals surface area contributed by atoms with E-state index in [9.17, 15) is 22.8 Å². The molecule has 1 aliphatic rings. The van der Waals surface area contributed by atoms with Crippen molar-refractivity contribution in [3.05, 3.63) is 58.9 Å². The van der Waals surface area contributed by atoms with Gasteiger partial charge in [-0.05, 0) is 49.2 Å². The molecule has 0 spiro atoms. The lowest BCUT2D eigenvalue weighted by Gasteiger charge is -2.18. The molecule has 3 rings (SSSR count). The molecule has 4 nitrogen and oxygen atoms in total. The lowest BCUT2D eigenvalue weighted by molar-refractivity contribution is -0.122. The third kappa shape index (κ3) is 3.42. The number of rotatable bonds is 3. The van der Waals surface area contributed by atoms with Gasteiger partial charge in [-0.15, -0.1) is 0 Å². The Kier molecular flexibility index (Phi) is 4.71. The van der Waals surface area contributed by atoms with E-state index in [1.807, 2.05) is 19.9 Å². The second-order valence-corrected chi connectivity index (χ2v) is 6.47. The largest absolute Gasteiger partial charge is 0.326 e. The second-order valence-electron chi connectivity index (χ2n) is 6.47. The first kappa shape index (κ1) is 18.0. The normalized spacial score (nSPS) is 16.9. The first-order valence-corrected chi connectivity index (χ1v) is 8.09. The van der Waals surface area contributed by atoms with E-state index in [1.165, 1.54) is 0 Å². The molecule has 2 aromatic rings. The molecule has 1 unspecified atom stereocenters. The number of benzene rings is 2. The number of amides is 2. The summed E-state index contributed by atoms with van der Waals surface area (Å²) < 4.78 is 40.4. The van der Waals surface area contributed by atoms with Crippen LogP contribution >= 0.6 is 0 Å². The van der Waals surface area contributed by atoms with Crippen LogP contribution in [0.1, 0.15) is 17.5 Å². The fraction of sp³-hybridized carbons (Fsp3) is 0.263. The van der Waals surface area contributed by atoms with Crippen molar-refractivity contribution in [1.29, 1.82) is 0 Å². The van der Waals surface area contributed by atoms with Gasteiger partial charge in [0.1, 0.15) is 0 Å². The molecule has 1 N–H and O–H groups in total. The van der Waals surface area contributed by atoms with Crippen LogP contribution in [0.25, 0.3) is 0 Å². The van der Waals surface area contributed by atoms with Gasteiger partial charge in [0.05, 0.1) is 11.6 Å². The van der Waals surface area contributed by atoms with Crippen LogP contribution in [0.2, 0.25) is 0 Å². The van der Waals surface area contributed by atoms with Crippen molar-refractivity contribution < 1.29 is 22.8 Å². The van der Waals surface area contributed by atoms with Crippen molar-refractivity contribution in [1.82, 2.24) is 0 Å². The van der Waals surface area contributed by atoms with Crippen LogP contribution in [0.3, 0.4) is 0 Å². The Hall–Kier alpha value is -2.83. The Labute approximate surface area is 148 Å². The van der Waals surface area contributed by atoms with Gasteiger partial charge in [-0.3, -0.25) is 9.59 Å². The van der Waals surface area contributed by atoms with E-state index in [0.717, 1.165) is 28.2 Å². The van der Waals surface area contributed by atoms with Gasteiger partial charge in [0.15, 0.2) is 17.5 Å². The maximum absolute atomic E-state index is 13.9. The number of halogens is 3. The summed E-state index contributed by atoms with van der Waals surface area (Å²) in [6.07, 6.45) is -0.130. The molecule has 136 valence electrons. The highest BCUT2D eigenvalue weighted by molar-refractivity contribution is 6.03. The van der Waals surface area contributed by atoms with Crippen LogP contribution in [-0.2, 0) is 9.59 Å². The Balaban J connectivity index is 1.77. The zero-order valence-corrected chi connectivity index (χ0v) is 14.3. The maximum atomic E-state index is 13.9. The quantitative estimate of drug-likeness (QED) is 0.847. The lowest BCUT2D eigenvalue weighted by atomic mass is 10.1. The summed E-state index contributed by atoms with van der Waals surface area (Å²) in [5.74, 6) is -6.02. The number of nitrogens with one attached hydrogen (secondary N) is 1. The molecule has 1 saturated heterocycles. The van der Waals surface area contributed by atoms with Crippen LogP contribution in [0, 0.1) is 37.2 Å². The van der Waals surface area contributed by atoms with Gasteiger partial charge in [-0.2, -0.15) is 0 Å². The minimum atomic E-state index is -1.64. The van der Waals surface area contributed by atoms with E-state index in [-0.39, 0.29) is 24.6 Å². The fourth-order valence-corrected chi connectivity index (χ4v) is 3.13. The number of aryl methyl sites for hydroxylation is 2. The van der Waals surface area contributed by atoms with E-state index in [1.54, 1.807) is 12.1 Å². The van der Waals surface area contributed by atoms with Gasteiger partial charge in [0.25, 0.3) is 0 Å². The monoisotopic (exact) mass is 362 g/mol. The summed E-state index contributed by atoms with van der Waals surface area (Å²) in [5, 5.41) is 2.75. The predicted molar refractivity (Wildman–Crippen MR) is 91.3 cm³/mol. The van der Waals surface area contributed by atoms with E-state index < -0.39 is 29.3 Å². The average Bonchev–Trinajstić information content (AvgIpc) is 2.94. The van der Waals surface area contributed by atoms with E-state index >= 15 is 0 Å². The molecule has 0 aliphatic carbocycles. The zero-order valence-electron chi connectivity index (χ0n) is 14.3. The molecule has 7 heteroatoms. The molecule has 0 saturated carbocycles. The summed E-state index contributed by atoms with van der Waals surface area (Å²) in [6.45, 7) is 3.70. The van der Waals surface area contributed by atoms with Crippen LogP contribution in [0.15, 0.2) is 30.3 Å². The lowest BCUT2D eigenvalue weighted by Crippen LogP contribution is -2.29. The molecule has 0 bridgehead atoms. The number of carbonyl (C=O) groups excluding carboxylic acids is 2. The molecule has 0 aromatic heterocycles. The van der Waals surface area contributed by atoms with Crippen LogP contribution in [0.4, 0.5) is 24.5 Å². The Morgan fingerprint density at radius 1 is 1.08 bits per heavy atom. The van der Waals surface area contributed by atoms with Crippen molar-refractivity contribution >= 4 is 23.2 Å². The third-order valence-corrected chi connectivity index (χ3v) is 4.29. The number of nitrogens with zero attached hydrogens (tertiary/aromatic N) is 1. The molecule has 26 heavy (non-hydrogen) atoms. The number of hydrogen-bond donors (Lipinski definition) is 1. The number of carbonyl (C=O) groups is 2. The average molecular weight is 362 g/mol. The van der Waals surface area contributed by atoms with Crippen LogP contribution < -0.4 is 10.2 Å². The Morgan fingerprint density at radius 2 is 1.73 bits per heavy atom. The molecule has 2 amide bonds. The first-order valence-electron chi connectivity index (χ1n) is 8.09. The minimum absolute atomic E-state index is 0.0997. The fourth-order valence-electron chi connectivity index (χ4n) is 3.13. The summed E-state index contributed by atoms with van der Waals surface area (Å²) in [6, 6.07) is 7.31. The number of anilines is 2. The SMILES string of the molecule is Cc1cc(C)cc(NC(=O)C2CC(=O)N(c3ccc(F)c(F)c3F)C2)c1. The van der Waals surface area contributed by atoms with Gasteiger partial charge in [-0.25, -0.2) is 13.2 Å². The minimum Gasteiger partial charge on any atom is -0.326 e. The summed E-state index contributed by atoms with van der Waals surface area (Å²) in [7, 11) is 0. The molecular weight excluding hydrogens is 345 g/mol. The standard InChI is InChI=1S/C19H17F3N2O2/c1-10-5-11(2)7-13(6-10)23-19(26)12-8-16(25)24(9-12)15-4-3-14(20)17(21)18(15)22/h3-7,12H,8-9H2,1-2H3,(H,23,26). The van der Waals surface area contributed by atoms with Gasteiger partial charge >= 0.3 is 0 Å². The Bertz CT molecular complexity index is 878. The molecular formula is C19H17F3N2O2. The number of hydrogen-bond acceptors (Lipinski definition) is 2. The van der Waals surface area contributed by atoms with Crippen molar-refractivity contribution in [2.45, 2.75) is 20.3 Å². The molecule has 1 fully saturated rings. The molecule has 0 radical (unpaired) electrons. The van der Waals surface area contributed by atoms with Gasteiger partial charge < -0.3 is 10.2 Å². The highest BCUT2D eigenvalue weighted by Gasteiger charge is 2.37. The first-order chi connectivity index (χ1) is 12.3. The van der Waals surface area contributed by atoms with Gasteiger partial charge in [0, 0.05) is 18.7 Å². The summed E-state index contributed by atoms with van der Waals surface area (Å²) in [5.41, 5.74) is 2.20. The highest BCUT2D eigenvalue weighted by Crippen LogP contribution is 2.30. The topological polar surface area (TPSA) is 49.4 Å². The van der Waals surface area contributed by atoms with Crippen molar-refractivity contribution in [3.8, 4) is 0 Å². The van der Waals surface area contributed by atoms with Gasteiger partial charge in [-0.1, -0.05) is 6.07 Å². The smallest absolute Gasteiger partial charge is 0.229 e. The summed E-state index contributed by atoms with van der Waals surface area (Å²) >= 11 is 0. The molecule has 1 aliphatic heterocycles. The predicted octanol–water partition coefficient (Wildman–Crippen LogP) is 3.71. The van der Waals surface area contributed by atoms with E-state index in [2.05, 4.69) is 5.32 Å². The third-order valence-electron chi connectivity index (χ3n) is 4.29. The molecule has 1 heterocycles. The van der Waals surface area contributed by atoms with Crippen LogP contribution in [0.5, 0.6) is 0 Å². The Morgan fingerprint density at radius 3 is 2.38 bits per heavy atom. The summed E-state index contributed by atoms with van der Waals surface area (Å²) in [4.78, 5) is 25.6. The van der Waals surface area contributed by atoms with E-state index in [4.69, 9.17) is 0 Å². The molecule has 1 atom stereocenters. The van der Waals surface area contributed by atoms with Crippen molar-refractivity contribution in [2.24, 2.45) is 5.92 Å². The van der Waals surface area contributed by atoms with Crippen LogP contribution in [-0.4, -0.2) is 18.4 Å².